The lowest BCUT2D eigenvalue weighted by molar-refractivity contribution is 0.319. The highest BCUT2D eigenvalue weighted by Gasteiger charge is 2.14. The summed E-state index contributed by atoms with van der Waals surface area (Å²) in [6.45, 7) is 3.06. The Hall–Kier alpha value is -1.80. The van der Waals surface area contributed by atoms with Crippen molar-refractivity contribution in [1.82, 2.24) is 4.90 Å². The van der Waals surface area contributed by atoms with Crippen LogP contribution in [0, 0.1) is 0 Å². The molecule has 1 N–H and O–H groups in total. The van der Waals surface area contributed by atoms with Crippen LogP contribution in [-0.2, 0) is 19.5 Å². The second-order valence-corrected chi connectivity index (χ2v) is 5.29. The Morgan fingerprint density at radius 3 is 2.68 bits per heavy atom. The molecule has 0 aliphatic carbocycles. The molecule has 1 aliphatic heterocycles. The van der Waals surface area contributed by atoms with E-state index in [9.17, 15) is 0 Å². The van der Waals surface area contributed by atoms with Gasteiger partial charge in [-0.2, -0.15) is 0 Å². The number of hydrogen-bond donors (Lipinski definition) is 1. The Kier molecular flexibility index (Phi) is 3.51. The van der Waals surface area contributed by atoms with Crippen LogP contribution in [0.3, 0.4) is 0 Å². The van der Waals surface area contributed by atoms with Crippen LogP contribution in [0.1, 0.15) is 16.7 Å². The molecule has 0 saturated heterocycles. The summed E-state index contributed by atoms with van der Waals surface area (Å²) in [5.74, 6) is 0. The van der Waals surface area contributed by atoms with Gasteiger partial charge < -0.3 is 5.32 Å². The normalized spacial score (nSPS) is 13.4. The predicted molar refractivity (Wildman–Crippen MR) is 80.2 cm³/mol. The number of nitrogens with zero attached hydrogens (tertiary/aromatic N) is 1. The van der Waals surface area contributed by atoms with Crippen LogP contribution in [0.25, 0.3) is 0 Å². The fourth-order valence-electron chi connectivity index (χ4n) is 2.78. The van der Waals surface area contributed by atoms with Gasteiger partial charge in [-0.1, -0.05) is 48.5 Å². The quantitative estimate of drug-likeness (QED) is 0.898. The highest BCUT2D eigenvalue weighted by molar-refractivity contribution is 5.61. The number of benzene rings is 2. The topological polar surface area (TPSA) is 15.3 Å². The van der Waals surface area contributed by atoms with Gasteiger partial charge in [0.2, 0.25) is 0 Å². The van der Waals surface area contributed by atoms with Gasteiger partial charge in [0.15, 0.2) is 0 Å². The molecule has 1 aliphatic rings. The maximum atomic E-state index is 3.51. The Morgan fingerprint density at radius 1 is 1.00 bits per heavy atom. The second-order valence-electron chi connectivity index (χ2n) is 5.29. The number of para-hydroxylation sites is 1. The molecule has 0 bridgehead atoms. The molecule has 0 saturated carbocycles. The first-order valence-corrected chi connectivity index (χ1v) is 6.90. The number of fused-ring (bicyclic) bond motifs is 1. The van der Waals surface area contributed by atoms with Crippen molar-refractivity contribution < 1.29 is 0 Å². The Morgan fingerprint density at radius 2 is 1.84 bits per heavy atom. The molecular weight excluding hydrogens is 232 g/mol. The SMILES string of the molecule is CN(Cc1ccccc1)Cc1cccc2c1NCC2. The summed E-state index contributed by atoms with van der Waals surface area (Å²) in [5, 5.41) is 3.51. The molecular formula is C17H20N2. The van der Waals surface area contributed by atoms with Crippen LogP contribution in [0.2, 0.25) is 0 Å². The van der Waals surface area contributed by atoms with E-state index >= 15 is 0 Å². The lowest BCUT2D eigenvalue weighted by Gasteiger charge is -2.19. The van der Waals surface area contributed by atoms with Crippen LogP contribution in [-0.4, -0.2) is 18.5 Å². The highest BCUT2D eigenvalue weighted by atomic mass is 15.1. The predicted octanol–water partition coefficient (Wildman–Crippen LogP) is 3.29. The molecule has 0 aromatic heterocycles. The van der Waals surface area contributed by atoms with E-state index in [1.165, 1.54) is 22.4 Å². The average Bonchev–Trinajstić information content (AvgIpc) is 2.89. The van der Waals surface area contributed by atoms with E-state index in [0.29, 0.717) is 0 Å². The van der Waals surface area contributed by atoms with Crippen molar-refractivity contribution in [1.29, 1.82) is 0 Å². The fraction of sp³-hybridized carbons (Fsp3) is 0.294. The zero-order valence-corrected chi connectivity index (χ0v) is 11.4. The first kappa shape index (κ1) is 12.2. The van der Waals surface area contributed by atoms with E-state index in [1.807, 2.05) is 0 Å². The zero-order chi connectivity index (χ0) is 13.1. The minimum atomic E-state index is 0.991. The van der Waals surface area contributed by atoms with Crippen LogP contribution in [0.15, 0.2) is 48.5 Å². The Labute approximate surface area is 115 Å². The third-order valence-electron chi connectivity index (χ3n) is 3.67. The molecule has 2 heteroatoms. The van der Waals surface area contributed by atoms with Crippen molar-refractivity contribution in [2.75, 3.05) is 18.9 Å². The van der Waals surface area contributed by atoms with Crippen molar-refractivity contribution >= 4 is 5.69 Å². The van der Waals surface area contributed by atoms with Gasteiger partial charge in [0.1, 0.15) is 0 Å². The van der Waals surface area contributed by atoms with Gasteiger partial charge in [-0.25, -0.2) is 0 Å². The summed E-state index contributed by atoms with van der Waals surface area (Å²) < 4.78 is 0. The van der Waals surface area contributed by atoms with Crippen molar-refractivity contribution in [3.8, 4) is 0 Å². The molecule has 0 amide bonds. The monoisotopic (exact) mass is 252 g/mol. The van der Waals surface area contributed by atoms with Gasteiger partial charge in [-0.3, -0.25) is 4.90 Å². The summed E-state index contributed by atoms with van der Waals surface area (Å²) in [4.78, 5) is 2.37. The van der Waals surface area contributed by atoms with Crippen LogP contribution >= 0.6 is 0 Å². The largest absolute Gasteiger partial charge is 0.384 e. The van der Waals surface area contributed by atoms with Crippen LogP contribution < -0.4 is 5.32 Å². The van der Waals surface area contributed by atoms with Gasteiger partial charge >= 0.3 is 0 Å². The molecule has 2 nitrogen and oxygen atoms in total. The van der Waals surface area contributed by atoms with Gasteiger partial charge in [0, 0.05) is 25.3 Å². The third-order valence-corrected chi connectivity index (χ3v) is 3.67. The Bertz CT molecular complexity index is 548. The summed E-state index contributed by atoms with van der Waals surface area (Å²) in [7, 11) is 2.18. The van der Waals surface area contributed by atoms with E-state index in [4.69, 9.17) is 0 Å². The Balaban J connectivity index is 1.70. The molecule has 0 radical (unpaired) electrons. The van der Waals surface area contributed by atoms with Gasteiger partial charge in [-0.15, -0.1) is 0 Å². The van der Waals surface area contributed by atoms with E-state index < -0.39 is 0 Å². The van der Waals surface area contributed by atoms with E-state index in [2.05, 4.69) is 65.8 Å². The number of rotatable bonds is 4. The molecule has 3 rings (SSSR count). The molecule has 2 aromatic rings. The van der Waals surface area contributed by atoms with Crippen molar-refractivity contribution in [3.63, 3.8) is 0 Å². The first-order chi connectivity index (χ1) is 9.33. The van der Waals surface area contributed by atoms with Crippen LogP contribution in [0.5, 0.6) is 0 Å². The first-order valence-electron chi connectivity index (χ1n) is 6.90. The highest BCUT2D eigenvalue weighted by Crippen LogP contribution is 2.27. The maximum absolute atomic E-state index is 3.51. The van der Waals surface area contributed by atoms with Gasteiger partial charge in [0.05, 0.1) is 0 Å². The number of hydrogen-bond acceptors (Lipinski definition) is 2. The minimum absolute atomic E-state index is 0.991. The molecule has 0 unspecified atom stereocenters. The smallest absolute Gasteiger partial charge is 0.0419 e. The molecule has 0 atom stereocenters. The average molecular weight is 252 g/mol. The molecule has 19 heavy (non-hydrogen) atoms. The lowest BCUT2D eigenvalue weighted by Crippen LogP contribution is -2.17. The maximum Gasteiger partial charge on any atom is 0.0419 e. The van der Waals surface area contributed by atoms with Gasteiger partial charge in [-0.05, 0) is 30.2 Å². The third kappa shape index (κ3) is 2.79. The standard InChI is InChI=1S/C17H20N2/c1-19(12-14-6-3-2-4-7-14)13-16-9-5-8-15-10-11-18-17(15)16/h2-9,18H,10-13H2,1H3. The van der Waals surface area contributed by atoms with Gasteiger partial charge in [0.25, 0.3) is 0 Å². The lowest BCUT2D eigenvalue weighted by atomic mass is 10.1. The molecule has 0 spiro atoms. The number of anilines is 1. The second kappa shape index (κ2) is 5.45. The fourth-order valence-corrected chi connectivity index (χ4v) is 2.78. The van der Waals surface area contributed by atoms with Crippen molar-refractivity contribution in [2.45, 2.75) is 19.5 Å². The van der Waals surface area contributed by atoms with Crippen molar-refractivity contribution in [2.24, 2.45) is 0 Å². The number of nitrogens with one attached hydrogen (secondary N) is 1. The minimum Gasteiger partial charge on any atom is -0.384 e. The summed E-state index contributed by atoms with van der Waals surface area (Å²) in [5.41, 5.74) is 5.60. The van der Waals surface area contributed by atoms with E-state index in [-0.39, 0.29) is 0 Å². The molecule has 98 valence electrons. The van der Waals surface area contributed by atoms with Crippen LogP contribution in [0.4, 0.5) is 5.69 Å². The van der Waals surface area contributed by atoms with E-state index in [1.54, 1.807) is 0 Å². The summed E-state index contributed by atoms with van der Waals surface area (Å²) in [6.07, 6.45) is 1.16. The molecule has 2 aromatic carbocycles. The van der Waals surface area contributed by atoms with E-state index in [0.717, 1.165) is 26.1 Å². The molecule has 1 heterocycles. The summed E-state index contributed by atoms with van der Waals surface area (Å²) in [6, 6.07) is 17.3. The van der Waals surface area contributed by atoms with Crippen molar-refractivity contribution in [3.05, 3.63) is 65.2 Å². The molecule has 0 fully saturated rings. The zero-order valence-electron chi connectivity index (χ0n) is 11.4. The summed E-state index contributed by atoms with van der Waals surface area (Å²) >= 11 is 0.